The summed E-state index contributed by atoms with van der Waals surface area (Å²) in [5.41, 5.74) is 0. The van der Waals surface area contributed by atoms with E-state index in [2.05, 4.69) is 5.32 Å². The molecule has 4 heteroatoms. The SMILES string of the molecule is CC[C@H](C)[C@H](NC(=O)C1CCC1)C(=O)OC. The highest BCUT2D eigenvalue weighted by Gasteiger charge is 2.31. The average Bonchev–Trinajstić information content (AvgIpc) is 2.21. The minimum absolute atomic E-state index is 0.00181. The van der Waals surface area contributed by atoms with Gasteiger partial charge in [0.2, 0.25) is 5.91 Å². The highest BCUT2D eigenvalue weighted by Crippen LogP contribution is 2.26. The van der Waals surface area contributed by atoms with Gasteiger partial charge in [-0.2, -0.15) is 0 Å². The molecule has 1 fully saturated rings. The number of esters is 1. The van der Waals surface area contributed by atoms with Gasteiger partial charge in [-0.05, 0) is 18.8 Å². The van der Waals surface area contributed by atoms with Crippen LogP contribution in [0.2, 0.25) is 0 Å². The first-order valence-electron chi connectivity index (χ1n) is 5.98. The number of hydrogen-bond donors (Lipinski definition) is 1. The van der Waals surface area contributed by atoms with Crippen molar-refractivity contribution < 1.29 is 14.3 Å². The number of amides is 1. The fourth-order valence-corrected chi connectivity index (χ4v) is 1.74. The Morgan fingerprint density at radius 1 is 1.44 bits per heavy atom. The predicted octanol–water partition coefficient (Wildman–Crippen LogP) is 1.49. The molecule has 4 nitrogen and oxygen atoms in total. The molecule has 0 aromatic carbocycles. The molecule has 1 N–H and O–H groups in total. The van der Waals surface area contributed by atoms with Crippen molar-refractivity contribution in [1.82, 2.24) is 5.32 Å². The zero-order valence-corrected chi connectivity index (χ0v) is 10.3. The fourth-order valence-electron chi connectivity index (χ4n) is 1.74. The van der Waals surface area contributed by atoms with Crippen molar-refractivity contribution in [2.24, 2.45) is 11.8 Å². The topological polar surface area (TPSA) is 55.4 Å². The first kappa shape index (κ1) is 13.0. The summed E-state index contributed by atoms with van der Waals surface area (Å²) in [6, 6.07) is -0.497. The van der Waals surface area contributed by atoms with Crippen LogP contribution < -0.4 is 5.32 Å². The molecule has 92 valence electrons. The zero-order valence-electron chi connectivity index (χ0n) is 10.3. The van der Waals surface area contributed by atoms with Gasteiger partial charge in [0.1, 0.15) is 6.04 Å². The van der Waals surface area contributed by atoms with E-state index in [4.69, 9.17) is 4.74 Å². The van der Waals surface area contributed by atoms with Crippen LogP contribution in [0, 0.1) is 11.8 Å². The Kier molecular flexibility index (Phi) is 4.77. The molecule has 1 amide bonds. The number of carbonyl (C=O) groups excluding carboxylic acids is 2. The van der Waals surface area contributed by atoms with Gasteiger partial charge >= 0.3 is 5.97 Å². The summed E-state index contributed by atoms with van der Waals surface area (Å²) in [4.78, 5) is 23.3. The maximum absolute atomic E-state index is 11.8. The van der Waals surface area contributed by atoms with Gasteiger partial charge in [-0.3, -0.25) is 4.79 Å². The van der Waals surface area contributed by atoms with Crippen LogP contribution in [0.4, 0.5) is 0 Å². The highest BCUT2D eigenvalue weighted by atomic mass is 16.5. The summed E-state index contributed by atoms with van der Waals surface area (Å²) in [5.74, 6) is -0.128. The lowest BCUT2D eigenvalue weighted by atomic mass is 9.84. The summed E-state index contributed by atoms with van der Waals surface area (Å²) >= 11 is 0. The fraction of sp³-hybridized carbons (Fsp3) is 0.833. The van der Waals surface area contributed by atoms with Crippen molar-refractivity contribution in [3.8, 4) is 0 Å². The monoisotopic (exact) mass is 227 g/mol. The number of rotatable bonds is 5. The number of nitrogens with one attached hydrogen (secondary N) is 1. The van der Waals surface area contributed by atoms with Crippen LogP contribution in [-0.4, -0.2) is 25.0 Å². The van der Waals surface area contributed by atoms with E-state index in [1.807, 2.05) is 13.8 Å². The van der Waals surface area contributed by atoms with Gasteiger partial charge in [-0.25, -0.2) is 4.79 Å². The van der Waals surface area contributed by atoms with Crippen LogP contribution in [-0.2, 0) is 14.3 Å². The van der Waals surface area contributed by atoms with Crippen molar-refractivity contribution in [2.75, 3.05) is 7.11 Å². The molecule has 1 saturated carbocycles. The van der Waals surface area contributed by atoms with E-state index in [0.29, 0.717) is 0 Å². The molecule has 0 spiro atoms. The highest BCUT2D eigenvalue weighted by molar-refractivity contribution is 5.86. The Labute approximate surface area is 96.7 Å². The molecule has 2 atom stereocenters. The first-order valence-corrected chi connectivity index (χ1v) is 5.98. The number of methoxy groups -OCH3 is 1. The van der Waals surface area contributed by atoms with Crippen LogP contribution in [0.1, 0.15) is 39.5 Å². The standard InChI is InChI=1S/C12H21NO3/c1-4-8(2)10(12(15)16-3)13-11(14)9-6-5-7-9/h8-10H,4-7H2,1-3H3,(H,13,14)/t8-,10-/m0/s1. The number of hydrogen-bond acceptors (Lipinski definition) is 3. The van der Waals surface area contributed by atoms with E-state index < -0.39 is 6.04 Å². The Bertz CT molecular complexity index is 261. The first-order chi connectivity index (χ1) is 7.60. The van der Waals surface area contributed by atoms with Gasteiger partial charge in [0.15, 0.2) is 0 Å². The van der Waals surface area contributed by atoms with E-state index in [1.54, 1.807) is 0 Å². The zero-order chi connectivity index (χ0) is 12.1. The summed E-state index contributed by atoms with van der Waals surface area (Å²) in [5, 5.41) is 2.81. The molecule has 0 aliphatic heterocycles. The quantitative estimate of drug-likeness (QED) is 0.724. The van der Waals surface area contributed by atoms with E-state index >= 15 is 0 Å². The van der Waals surface area contributed by atoms with Crippen LogP contribution in [0.25, 0.3) is 0 Å². The molecular formula is C12H21NO3. The summed E-state index contributed by atoms with van der Waals surface area (Å²) in [6.07, 6.45) is 3.84. The Hall–Kier alpha value is -1.06. The molecule has 0 bridgehead atoms. The average molecular weight is 227 g/mol. The van der Waals surface area contributed by atoms with Gasteiger partial charge in [0.05, 0.1) is 7.11 Å². The lowest BCUT2D eigenvalue weighted by molar-refractivity contribution is -0.147. The molecular weight excluding hydrogens is 206 g/mol. The minimum Gasteiger partial charge on any atom is -0.467 e. The van der Waals surface area contributed by atoms with Gasteiger partial charge in [-0.1, -0.05) is 26.7 Å². The largest absolute Gasteiger partial charge is 0.467 e. The third-order valence-electron chi connectivity index (χ3n) is 3.44. The second-order valence-electron chi connectivity index (χ2n) is 4.52. The van der Waals surface area contributed by atoms with Crippen molar-refractivity contribution in [3.05, 3.63) is 0 Å². The predicted molar refractivity (Wildman–Crippen MR) is 60.7 cm³/mol. The molecule has 1 aliphatic rings. The van der Waals surface area contributed by atoms with Gasteiger partial charge < -0.3 is 10.1 Å². The Morgan fingerprint density at radius 2 is 2.06 bits per heavy atom. The lowest BCUT2D eigenvalue weighted by Crippen LogP contribution is -2.48. The van der Waals surface area contributed by atoms with E-state index in [-0.39, 0.29) is 23.7 Å². The van der Waals surface area contributed by atoms with Crippen LogP contribution >= 0.6 is 0 Å². The molecule has 0 unspecified atom stereocenters. The van der Waals surface area contributed by atoms with E-state index in [9.17, 15) is 9.59 Å². The Balaban J connectivity index is 2.54. The molecule has 0 aromatic heterocycles. The smallest absolute Gasteiger partial charge is 0.328 e. The molecule has 1 aliphatic carbocycles. The van der Waals surface area contributed by atoms with E-state index in [1.165, 1.54) is 7.11 Å². The van der Waals surface area contributed by atoms with Crippen LogP contribution in [0.15, 0.2) is 0 Å². The van der Waals surface area contributed by atoms with Crippen LogP contribution in [0.3, 0.4) is 0 Å². The maximum atomic E-state index is 11.8. The second-order valence-corrected chi connectivity index (χ2v) is 4.52. The van der Waals surface area contributed by atoms with Crippen molar-refractivity contribution in [1.29, 1.82) is 0 Å². The van der Waals surface area contributed by atoms with Gasteiger partial charge in [0, 0.05) is 5.92 Å². The maximum Gasteiger partial charge on any atom is 0.328 e. The van der Waals surface area contributed by atoms with Crippen molar-refractivity contribution in [2.45, 2.75) is 45.6 Å². The van der Waals surface area contributed by atoms with Crippen molar-refractivity contribution in [3.63, 3.8) is 0 Å². The summed E-state index contributed by atoms with van der Waals surface area (Å²) in [6.45, 7) is 3.94. The molecule has 1 rings (SSSR count). The van der Waals surface area contributed by atoms with Crippen LogP contribution in [0.5, 0.6) is 0 Å². The van der Waals surface area contributed by atoms with Crippen molar-refractivity contribution >= 4 is 11.9 Å². The number of carbonyl (C=O) groups is 2. The number of ether oxygens (including phenoxy) is 1. The third kappa shape index (κ3) is 2.97. The Morgan fingerprint density at radius 3 is 2.44 bits per heavy atom. The molecule has 16 heavy (non-hydrogen) atoms. The summed E-state index contributed by atoms with van der Waals surface area (Å²) < 4.78 is 4.71. The van der Waals surface area contributed by atoms with Gasteiger partial charge in [0.25, 0.3) is 0 Å². The lowest BCUT2D eigenvalue weighted by Gasteiger charge is -2.28. The second kappa shape index (κ2) is 5.87. The molecule has 0 radical (unpaired) electrons. The summed E-state index contributed by atoms with van der Waals surface area (Å²) in [7, 11) is 1.35. The molecule has 0 aromatic rings. The third-order valence-corrected chi connectivity index (χ3v) is 3.44. The minimum atomic E-state index is -0.497. The van der Waals surface area contributed by atoms with Gasteiger partial charge in [-0.15, -0.1) is 0 Å². The molecule has 0 heterocycles. The molecule has 0 saturated heterocycles. The normalized spacial score (nSPS) is 19.4. The van der Waals surface area contributed by atoms with E-state index in [0.717, 1.165) is 25.7 Å².